The number of hydrogen-bond acceptors (Lipinski definition) is 4. The van der Waals surface area contributed by atoms with E-state index < -0.39 is 0 Å². The summed E-state index contributed by atoms with van der Waals surface area (Å²) in [6, 6.07) is 7.97. The molecule has 4 heteroatoms. The number of nitrogen functional groups attached to an aromatic ring is 1. The lowest BCUT2D eigenvalue weighted by Gasteiger charge is -2.11. The Hall–Kier alpha value is -0.710. The second-order valence-electron chi connectivity index (χ2n) is 4.41. The molecule has 3 nitrogen and oxygen atoms in total. The quantitative estimate of drug-likeness (QED) is 0.619. The number of para-hydroxylation sites is 1. The van der Waals surface area contributed by atoms with Crippen LogP contribution in [0.1, 0.15) is 6.42 Å². The molecule has 1 heterocycles. The first-order chi connectivity index (χ1) is 7.75. The maximum Gasteiger partial charge on any atom is 0.0465 e. The molecule has 1 aromatic carbocycles. The molecule has 2 rings (SSSR count). The van der Waals surface area contributed by atoms with Gasteiger partial charge in [-0.3, -0.25) is 4.72 Å². The molecule has 16 heavy (non-hydrogen) atoms. The minimum atomic E-state index is 0.780. The van der Waals surface area contributed by atoms with Crippen LogP contribution in [0, 0.1) is 5.92 Å². The van der Waals surface area contributed by atoms with Crippen LogP contribution in [0.2, 0.25) is 0 Å². The molecule has 88 valence electrons. The van der Waals surface area contributed by atoms with Crippen molar-refractivity contribution in [2.24, 2.45) is 5.92 Å². The number of hydrogen-bond donors (Lipinski definition) is 2. The van der Waals surface area contributed by atoms with Gasteiger partial charge in [0.1, 0.15) is 0 Å². The molecule has 0 aromatic heterocycles. The molecule has 1 aromatic rings. The highest BCUT2D eigenvalue weighted by atomic mass is 32.2. The molecule has 0 aliphatic carbocycles. The summed E-state index contributed by atoms with van der Waals surface area (Å²) in [4.78, 5) is 3.50. The molecule has 1 unspecified atom stereocenters. The maximum absolute atomic E-state index is 5.87. The van der Waals surface area contributed by atoms with Crippen LogP contribution in [0.5, 0.6) is 0 Å². The second-order valence-corrected chi connectivity index (χ2v) is 5.34. The van der Waals surface area contributed by atoms with Crippen molar-refractivity contribution in [2.45, 2.75) is 11.3 Å². The van der Waals surface area contributed by atoms with E-state index in [2.05, 4.69) is 16.7 Å². The molecular weight excluding hydrogens is 218 g/mol. The van der Waals surface area contributed by atoms with Crippen molar-refractivity contribution < 1.29 is 0 Å². The zero-order valence-electron chi connectivity index (χ0n) is 9.65. The summed E-state index contributed by atoms with van der Waals surface area (Å²) in [7, 11) is 2.18. The molecule has 0 radical (unpaired) electrons. The van der Waals surface area contributed by atoms with E-state index in [1.807, 2.05) is 24.3 Å². The van der Waals surface area contributed by atoms with Crippen molar-refractivity contribution >= 4 is 17.6 Å². The van der Waals surface area contributed by atoms with Gasteiger partial charge in [-0.1, -0.05) is 12.1 Å². The van der Waals surface area contributed by atoms with Gasteiger partial charge in [-0.2, -0.15) is 0 Å². The zero-order chi connectivity index (χ0) is 11.4. The minimum Gasteiger partial charge on any atom is -0.398 e. The molecule has 0 saturated carbocycles. The third kappa shape index (κ3) is 3.14. The van der Waals surface area contributed by atoms with E-state index in [9.17, 15) is 0 Å². The fraction of sp³-hybridized carbons (Fsp3) is 0.500. The van der Waals surface area contributed by atoms with Gasteiger partial charge >= 0.3 is 0 Å². The van der Waals surface area contributed by atoms with Gasteiger partial charge in [0.2, 0.25) is 0 Å². The van der Waals surface area contributed by atoms with Crippen molar-refractivity contribution in [3.63, 3.8) is 0 Å². The van der Waals surface area contributed by atoms with E-state index in [0.29, 0.717) is 0 Å². The molecule has 0 spiro atoms. The molecule has 3 N–H and O–H groups in total. The summed E-state index contributed by atoms with van der Waals surface area (Å²) in [6.07, 6.45) is 1.30. The summed E-state index contributed by atoms with van der Waals surface area (Å²) >= 11 is 1.64. The highest BCUT2D eigenvalue weighted by molar-refractivity contribution is 7.97. The number of rotatable bonds is 4. The summed E-state index contributed by atoms with van der Waals surface area (Å²) in [5.41, 5.74) is 6.72. The van der Waals surface area contributed by atoms with E-state index in [4.69, 9.17) is 5.73 Å². The van der Waals surface area contributed by atoms with Crippen LogP contribution >= 0.6 is 11.9 Å². The summed E-state index contributed by atoms with van der Waals surface area (Å²) < 4.78 is 3.42. The van der Waals surface area contributed by atoms with Crippen molar-refractivity contribution in [3.05, 3.63) is 24.3 Å². The second kappa shape index (κ2) is 5.57. The highest BCUT2D eigenvalue weighted by Gasteiger charge is 2.18. The number of nitrogens with one attached hydrogen (secondary N) is 1. The van der Waals surface area contributed by atoms with Crippen LogP contribution in [0.4, 0.5) is 5.69 Å². The smallest absolute Gasteiger partial charge is 0.0465 e. The van der Waals surface area contributed by atoms with Gasteiger partial charge in [0, 0.05) is 23.7 Å². The van der Waals surface area contributed by atoms with Gasteiger partial charge in [-0.15, -0.1) is 0 Å². The summed E-state index contributed by atoms with van der Waals surface area (Å²) in [5, 5.41) is 0. The Balaban J connectivity index is 1.74. The fourth-order valence-corrected chi connectivity index (χ4v) is 2.81. The predicted molar refractivity (Wildman–Crippen MR) is 70.3 cm³/mol. The van der Waals surface area contributed by atoms with E-state index >= 15 is 0 Å². The molecule has 0 amide bonds. The van der Waals surface area contributed by atoms with E-state index in [-0.39, 0.29) is 0 Å². The van der Waals surface area contributed by atoms with Crippen LogP contribution in [0.3, 0.4) is 0 Å². The minimum absolute atomic E-state index is 0.780. The first-order valence-corrected chi connectivity index (χ1v) is 6.50. The molecule has 1 aliphatic rings. The third-order valence-corrected chi connectivity index (χ3v) is 3.86. The number of likely N-dealkylation sites (tertiary alicyclic amines) is 1. The van der Waals surface area contributed by atoms with Gasteiger partial charge in [0.15, 0.2) is 0 Å². The largest absolute Gasteiger partial charge is 0.398 e. The molecule has 0 bridgehead atoms. The maximum atomic E-state index is 5.87. The number of nitrogens with two attached hydrogens (primary N) is 1. The third-order valence-electron chi connectivity index (χ3n) is 2.96. The Bertz CT molecular complexity index is 343. The average Bonchev–Trinajstić information content (AvgIpc) is 2.67. The normalized spacial score (nSPS) is 21.4. The van der Waals surface area contributed by atoms with Crippen molar-refractivity contribution in [2.75, 3.05) is 32.4 Å². The summed E-state index contributed by atoms with van der Waals surface area (Å²) in [6.45, 7) is 3.49. The van der Waals surface area contributed by atoms with E-state index in [1.165, 1.54) is 19.5 Å². The van der Waals surface area contributed by atoms with Gasteiger partial charge in [-0.25, -0.2) is 0 Å². The highest BCUT2D eigenvalue weighted by Crippen LogP contribution is 2.22. The van der Waals surface area contributed by atoms with Crippen LogP contribution < -0.4 is 10.5 Å². The van der Waals surface area contributed by atoms with Crippen molar-refractivity contribution in [1.29, 1.82) is 0 Å². The Morgan fingerprint density at radius 3 is 3.00 bits per heavy atom. The number of nitrogens with zero attached hydrogens (tertiary/aromatic N) is 1. The molecular formula is C12H19N3S. The van der Waals surface area contributed by atoms with E-state index in [0.717, 1.165) is 23.0 Å². The van der Waals surface area contributed by atoms with Crippen molar-refractivity contribution in [3.8, 4) is 0 Å². The Morgan fingerprint density at radius 2 is 2.31 bits per heavy atom. The van der Waals surface area contributed by atoms with Crippen LogP contribution in [-0.4, -0.2) is 31.6 Å². The topological polar surface area (TPSA) is 41.3 Å². The molecule has 1 atom stereocenters. The first kappa shape index (κ1) is 11.8. The number of anilines is 1. The Morgan fingerprint density at radius 1 is 1.50 bits per heavy atom. The average molecular weight is 237 g/mol. The Kier molecular flexibility index (Phi) is 4.09. The molecule has 1 fully saturated rings. The van der Waals surface area contributed by atoms with Crippen LogP contribution in [0.15, 0.2) is 29.2 Å². The lowest BCUT2D eigenvalue weighted by molar-refractivity contribution is 0.395. The van der Waals surface area contributed by atoms with Gasteiger partial charge in [0.25, 0.3) is 0 Å². The van der Waals surface area contributed by atoms with Gasteiger partial charge < -0.3 is 10.6 Å². The monoisotopic (exact) mass is 237 g/mol. The standard InChI is InChI=1S/C12H19N3S/c1-15-7-6-10(9-15)8-14-16-12-5-3-2-4-11(12)13/h2-5,10,14H,6-9,13H2,1H3. The van der Waals surface area contributed by atoms with Gasteiger partial charge in [-0.05, 0) is 50.0 Å². The van der Waals surface area contributed by atoms with E-state index in [1.54, 1.807) is 11.9 Å². The SMILES string of the molecule is CN1CCC(CNSc2ccccc2N)C1. The number of benzene rings is 1. The summed E-state index contributed by atoms with van der Waals surface area (Å²) in [5.74, 6) is 0.780. The lowest BCUT2D eigenvalue weighted by Crippen LogP contribution is -2.20. The predicted octanol–water partition coefficient (Wildman–Crippen LogP) is 1.82. The fourth-order valence-electron chi connectivity index (χ4n) is 2.00. The Labute approximate surface area is 102 Å². The first-order valence-electron chi connectivity index (χ1n) is 5.68. The molecule has 1 saturated heterocycles. The zero-order valence-corrected chi connectivity index (χ0v) is 10.5. The molecule has 1 aliphatic heterocycles. The van der Waals surface area contributed by atoms with Crippen LogP contribution in [0.25, 0.3) is 0 Å². The van der Waals surface area contributed by atoms with Crippen molar-refractivity contribution in [1.82, 2.24) is 9.62 Å². The van der Waals surface area contributed by atoms with Crippen LogP contribution in [-0.2, 0) is 0 Å². The van der Waals surface area contributed by atoms with Gasteiger partial charge in [0.05, 0.1) is 0 Å². The lowest BCUT2D eigenvalue weighted by atomic mass is 10.1.